The Hall–Kier alpha value is -2.42. The second kappa shape index (κ2) is 11.1. The molecule has 0 aliphatic carbocycles. The molecule has 2 N–H and O–H groups in total. The van der Waals surface area contributed by atoms with Crippen LogP contribution < -0.4 is 10.6 Å². The summed E-state index contributed by atoms with van der Waals surface area (Å²) in [6, 6.07) is 17.1. The van der Waals surface area contributed by atoms with Gasteiger partial charge in [-0.1, -0.05) is 57.2 Å². The summed E-state index contributed by atoms with van der Waals surface area (Å²) in [4.78, 5) is 8.34. The summed E-state index contributed by atoms with van der Waals surface area (Å²) >= 11 is 0. The summed E-state index contributed by atoms with van der Waals surface area (Å²) in [6.45, 7) is 8.17. The van der Waals surface area contributed by atoms with Gasteiger partial charge < -0.3 is 10.6 Å². The predicted molar refractivity (Wildman–Crippen MR) is 134 cm³/mol. The molecule has 1 aromatic heterocycles. The van der Waals surface area contributed by atoms with E-state index in [2.05, 4.69) is 82.9 Å². The normalized spacial score (nSPS) is 11.7. The molecule has 0 spiro atoms. The second-order valence-electron chi connectivity index (χ2n) is 7.72. The molecule has 1 heterocycles. The smallest absolute Gasteiger partial charge is 0.191 e. The van der Waals surface area contributed by atoms with Crippen LogP contribution in [0.3, 0.4) is 0 Å². The van der Waals surface area contributed by atoms with Crippen molar-refractivity contribution >= 4 is 29.9 Å². The number of halogens is 1. The maximum atomic E-state index is 4.36. The zero-order valence-corrected chi connectivity index (χ0v) is 20.4. The van der Waals surface area contributed by atoms with Gasteiger partial charge in [-0.25, -0.2) is 9.67 Å². The van der Waals surface area contributed by atoms with Gasteiger partial charge in [0.25, 0.3) is 0 Å². The number of hydrogen-bond acceptors (Lipinski definition) is 3. The van der Waals surface area contributed by atoms with E-state index in [4.69, 9.17) is 0 Å². The highest BCUT2D eigenvalue weighted by molar-refractivity contribution is 14.0. The van der Waals surface area contributed by atoms with Crippen LogP contribution in [0.4, 0.5) is 0 Å². The third kappa shape index (κ3) is 6.29. The molecule has 0 aliphatic heterocycles. The third-order valence-corrected chi connectivity index (χ3v) is 5.14. The number of hydrogen-bond donors (Lipinski definition) is 2. The van der Waals surface area contributed by atoms with Crippen molar-refractivity contribution in [2.45, 2.75) is 39.2 Å². The van der Waals surface area contributed by atoms with Crippen LogP contribution in [0.2, 0.25) is 0 Å². The zero-order valence-electron chi connectivity index (χ0n) is 18.1. The number of aromatic nitrogens is 3. The van der Waals surface area contributed by atoms with E-state index in [1.165, 1.54) is 23.0 Å². The number of guanidine groups is 1. The molecule has 30 heavy (non-hydrogen) atoms. The summed E-state index contributed by atoms with van der Waals surface area (Å²) < 4.78 is 1.74. The second-order valence-corrected chi connectivity index (χ2v) is 7.72. The molecule has 0 saturated carbocycles. The highest BCUT2D eigenvalue weighted by atomic mass is 127. The third-order valence-electron chi connectivity index (χ3n) is 5.14. The van der Waals surface area contributed by atoms with Crippen molar-refractivity contribution in [3.8, 4) is 5.69 Å². The Morgan fingerprint density at radius 1 is 1.00 bits per heavy atom. The number of aryl methyl sites for hydroxylation is 1. The van der Waals surface area contributed by atoms with Crippen molar-refractivity contribution in [2.24, 2.45) is 4.99 Å². The highest BCUT2D eigenvalue weighted by Crippen LogP contribution is 2.22. The molecular weight excluding hydrogens is 487 g/mol. The summed E-state index contributed by atoms with van der Waals surface area (Å²) in [6.07, 6.45) is 4.29. The van der Waals surface area contributed by atoms with Crippen LogP contribution in [0, 0.1) is 0 Å². The topological polar surface area (TPSA) is 67.1 Å². The van der Waals surface area contributed by atoms with Crippen molar-refractivity contribution in [2.75, 3.05) is 13.6 Å². The molecule has 0 bridgehead atoms. The fourth-order valence-electron chi connectivity index (χ4n) is 3.11. The SMILES string of the molecule is CCc1ccc(C(C)(C)CNC(=NC)NCc2ccc(-n3cncn3)cc2)cc1.I. The molecule has 3 rings (SSSR count). The zero-order chi connectivity index (χ0) is 20.7. The van der Waals surface area contributed by atoms with Gasteiger partial charge in [0.05, 0.1) is 5.69 Å². The Morgan fingerprint density at radius 2 is 1.67 bits per heavy atom. The lowest BCUT2D eigenvalue weighted by Crippen LogP contribution is -2.43. The summed E-state index contributed by atoms with van der Waals surface area (Å²) in [5, 5.41) is 11.0. The largest absolute Gasteiger partial charge is 0.356 e. The van der Waals surface area contributed by atoms with Crippen LogP contribution in [0.25, 0.3) is 5.69 Å². The molecule has 0 unspecified atom stereocenters. The molecule has 0 fully saturated rings. The first kappa shape index (κ1) is 23.9. The van der Waals surface area contributed by atoms with Crippen LogP contribution >= 0.6 is 24.0 Å². The molecule has 0 amide bonds. The molecular formula is C23H31IN6. The standard InChI is InChI=1S/C23H30N6.HI/c1-5-18-6-10-20(11-7-18)23(2,3)15-27-22(24-4)26-14-19-8-12-21(13-9-19)29-17-25-16-28-29;/h6-13,16-17H,5,14-15H2,1-4H3,(H2,24,26,27);1H. The number of nitrogens with zero attached hydrogens (tertiary/aromatic N) is 4. The molecule has 0 saturated heterocycles. The Morgan fingerprint density at radius 3 is 2.23 bits per heavy atom. The number of nitrogens with one attached hydrogen (secondary N) is 2. The fraction of sp³-hybridized carbons (Fsp3) is 0.348. The number of benzene rings is 2. The highest BCUT2D eigenvalue weighted by Gasteiger charge is 2.20. The minimum Gasteiger partial charge on any atom is -0.356 e. The van der Waals surface area contributed by atoms with Crippen LogP contribution in [0.5, 0.6) is 0 Å². The monoisotopic (exact) mass is 518 g/mol. The lowest BCUT2D eigenvalue weighted by atomic mass is 9.84. The van der Waals surface area contributed by atoms with Crippen molar-refractivity contribution < 1.29 is 0 Å². The van der Waals surface area contributed by atoms with Gasteiger partial charge in [0.15, 0.2) is 5.96 Å². The predicted octanol–water partition coefficient (Wildman–Crippen LogP) is 4.09. The van der Waals surface area contributed by atoms with Gasteiger partial charge in [-0.15, -0.1) is 24.0 Å². The van der Waals surface area contributed by atoms with E-state index in [-0.39, 0.29) is 29.4 Å². The first-order valence-electron chi connectivity index (χ1n) is 9.99. The van der Waals surface area contributed by atoms with Crippen molar-refractivity contribution in [1.29, 1.82) is 0 Å². The molecule has 6 nitrogen and oxygen atoms in total. The van der Waals surface area contributed by atoms with E-state index in [9.17, 15) is 0 Å². The molecule has 0 atom stereocenters. The molecule has 160 valence electrons. The van der Waals surface area contributed by atoms with E-state index in [1.54, 1.807) is 18.1 Å². The number of aliphatic imine (C=N–C) groups is 1. The Labute approximate surface area is 196 Å². The van der Waals surface area contributed by atoms with Crippen molar-refractivity contribution in [1.82, 2.24) is 25.4 Å². The molecule has 0 radical (unpaired) electrons. The van der Waals surface area contributed by atoms with Gasteiger partial charge in [-0.2, -0.15) is 5.10 Å². The Balaban J connectivity index is 0.00000320. The summed E-state index contributed by atoms with van der Waals surface area (Å²) in [7, 11) is 1.80. The maximum absolute atomic E-state index is 4.36. The van der Waals surface area contributed by atoms with E-state index in [0.717, 1.165) is 24.6 Å². The van der Waals surface area contributed by atoms with Crippen LogP contribution in [0.1, 0.15) is 37.5 Å². The Kier molecular flexibility index (Phi) is 8.83. The average Bonchev–Trinajstić information content (AvgIpc) is 3.29. The van der Waals surface area contributed by atoms with Crippen molar-refractivity contribution in [3.05, 3.63) is 77.9 Å². The molecule has 2 aromatic carbocycles. The van der Waals surface area contributed by atoms with E-state index >= 15 is 0 Å². The summed E-state index contributed by atoms with van der Waals surface area (Å²) in [5.41, 5.74) is 4.85. The van der Waals surface area contributed by atoms with Gasteiger partial charge in [0.1, 0.15) is 12.7 Å². The fourth-order valence-corrected chi connectivity index (χ4v) is 3.11. The summed E-state index contributed by atoms with van der Waals surface area (Å²) in [5.74, 6) is 0.795. The van der Waals surface area contributed by atoms with E-state index in [1.807, 2.05) is 12.1 Å². The van der Waals surface area contributed by atoms with Gasteiger partial charge in [-0.3, -0.25) is 4.99 Å². The van der Waals surface area contributed by atoms with E-state index in [0.29, 0.717) is 6.54 Å². The average molecular weight is 518 g/mol. The molecule has 3 aromatic rings. The minimum absolute atomic E-state index is 0. The van der Waals surface area contributed by atoms with Crippen LogP contribution in [-0.2, 0) is 18.4 Å². The van der Waals surface area contributed by atoms with Gasteiger partial charge in [0, 0.05) is 25.6 Å². The first-order chi connectivity index (χ1) is 14.0. The number of rotatable bonds is 7. The van der Waals surface area contributed by atoms with E-state index < -0.39 is 0 Å². The molecule has 0 aliphatic rings. The van der Waals surface area contributed by atoms with Gasteiger partial charge in [0.2, 0.25) is 0 Å². The lowest BCUT2D eigenvalue weighted by molar-refractivity contribution is 0.508. The lowest BCUT2D eigenvalue weighted by Gasteiger charge is -2.27. The van der Waals surface area contributed by atoms with Gasteiger partial charge in [-0.05, 0) is 35.2 Å². The Bertz CT molecular complexity index is 915. The van der Waals surface area contributed by atoms with Crippen molar-refractivity contribution in [3.63, 3.8) is 0 Å². The van der Waals surface area contributed by atoms with Crippen LogP contribution in [0.15, 0.2) is 66.2 Å². The van der Waals surface area contributed by atoms with Gasteiger partial charge >= 0.3 is 0 Å². The maximum Gasteiger partial charge on any atom is 0.191 e. The van der Waals surface area contributed by atoms with Crippen LogP contribution in [-0.4, -0.2) is 34.3 Å². The minimum atomic E-state index is 0. The first-order valence-corrected chi connectivity index (χ1v) is 9.99. The quantitative estimate of drug-likeness (QED) is 0.281. The molecule has 7 heteroatoms.